The topological polar surface area (TPSA) is 31.0 Å². The Kier molecular flexibility index (Phi) is 9.62. The Morgan fingerprint density at radius 2 is 1.12 bits per heavy atom. The average molecular weight is 765 g/mol. The van der Waals surface area contributed by atoms with Gasteiger partial charge in [-0.3, -0.25) is 4.57 Å². The molecule has 0 aliphatic rings. The largest absolute Gasteiger partial charge is 0.455 e. The predicted octanol–water partition coefficient (Wildman–Crippen LogP) is 16.1. The smallest absolute Gasteiger partial charge is 0.149 e. The van der Waals surface area contributed by atoms with E-state index in [1.54, 1.807) is 0 Å². The molecule has 0 saturated heterocycles. The first-order valence-corrected chi connectivity index (χ1v) is 21.2. The third kappa shape index (κ3) is 6.97. The Labute approximate surface area is 346 Å². The summed E-state index contributed by atoms with van der Waals surface area (Å²) in [5.41, 5.74) is 17.4. The van der Waals surface area contributed by atoms with E-state index in [-0.39, 0.29) is 28.1 Å². The number of benzene rings is 6. The zero-order chi connectivity index (χ0) is 41.5. The van der Waals surface area contributed by atoms with Crippen LogP contribution in [-0.2, 0) is 16.2 Å². The highest BCUT2D eigenvalue weighted by Gasteiger charge is 2.29. The van der Waals surface area contributed by atoms with Gasteiger partial charge < -0.3 is 4.42 Å². The maximum absolute atomic E-state index is 7.20. The van der Waals surface area contributed by atoms with Crippen LogP contribution in [0, 0.1) is 0 Å². The summed E-state index contributed by atoms with van der Waals surface area (Å²) in [6.07, 6.45) is 0. The lowest BCUT2D eigenvalue weighted by molar-refractivity contribution is 0.569. The highest BCUT2D eigenvalue weighted by Crippen LogP contribution is 2.46. The van der Waals surface area contributed by atoms with Crippen LogP contribution in [0.1, 0.15) is 130 Å². The van der Waals surface area contributed by atoms with Gasteiger partial charge in [0.25, 0.3) is 0 Å². The highest BCUT2D eigenvalue weighted by molar-refractivity contribution is 6.12. The molecule has 0 aliphatic carbocycles. The van der Waals surface area contributed by atoms with Gasteiger partial charge >= 0.3 is 0 Å². The van der Waals surface area contributed by atoms with Crippen LogP contribution in [0.25, 0.3) is 72.3 Å². The van der Waals surface area contributed by atoms with Crippen molar-refractivity contribution in [2.45, 2.75) is 118 Å². The molecule has 6 aromatic carbocycles. The summed E-state index contributed by atoms with van der Waals surface area (Å²) >= 11 is 0. The number of furan rings is 1. The predicted molar refractivity (Wildman–Crippen MR) is 249 cm³/mol. The molecule has 2 aromatic heterocycles. The summed E-state index contributed by atoms with van der Waals surface area (Å²) in [5.74, 6) is 1.44. The van der Waals surface area contributed by atoms with E-state index < -0.39 is 0 Å². The van der Waals surface area contributed by atoms with Crippen molar-refractivity contribution in [3.8, 4) is 39.3 Å². The van der Waals surface area contributed by atoms with Gasteiger partial charge in [0, 0.05) is 10.8 Å². The lowest BCUT2D eigenvalue weighted by Gasteiger charge is -2.26. The summed E-state index contributed by atoms with van der Waals surface area (Å²) in [6.45, 7) is 30.0. The molecule has 0 radical (unpaired) electrons. The van der Waals surface area contributed by atoms with Gasteiger partial charge in [-0.15, -0.1) is 0 Å². The molecule has 3 heteroatoms. The molecule has 8 rings (SSSR count). The Hall–Kier alpha value is -5.41. The van der Waals surface area contributed by atoms with Gasteiger partial charge in [-0.2, -0.15) is 0 Å². The number of para-hydroxylation sites is 2. The SMILES string of the molecule is CC(C)c1cc(-c2ccccc2)cc(C(C)C)c1-n1c(-c2ccc(C(C)(C)C)c3c2oc2cc(-c4cc(C(C)(C)C)cc(C(C)(C)C)c4)ccc23)nc2ccccc21. The van der Waals surface area contributed by atoms with Crippen molar-refractivity contribution in [1.29, 1.82) is 0 Å². The van der Waals surface area contributed by atoms with Gasteiger partial charge in [0.15, 0.2) is 0 Å². The van der Waals surface area contributed by atoms with Crippen molar-refractivity contribution < 1.29 is 4.42 Å². The molecule has 0 N–H and O–H groups in total. The zero-order valence-electron chi connectivity index (χ0n) is 36.9. The molecule has 0 atom stereocenters. The summed E-state index contributed by atoms with van der Waals surface area (Å²) in [6, 6.07) is 42.7. The minimum Gasteiger partial charge on any atom is -0.455 e. The van der Waals surface area contributed by atoms with Crippen LogP contribution in [0.15, 0.2) is 120 Å². The second kappa shape index (κ2) is 14.2. The first kappa shape index (κ1) is 39.4. The van der Waals surface area contributed by atoms with Crippen LogP contribution >= 0.6 is 0 Å². The molecule has 3 nitrogen and oxygen atoms in total. The quantitative estimate of drug-likeness (QED) is 0.169. The average Bonchev–Trinajstić information content (AvgIpc) is 3.74. The van der Waals surface area contributed by atoms with Crippen LogP contribution in [0.4, 0.5) is 0 Å². The fraction of sp³-hybridized carbons (Fsp3) is 0.327. The standard InChI is InChI=1S/C55H60N2O/c1-33(2)43-29-38(35-19-15-14-16-20-35)30-44(34(3)4)50(43)57-47-22-18-17-21-46(47)56-52(57)42-25-26-45(55(11,12)13)49-41-24-23-36(31-48(41)58-51(42)49)37-27-39(53(5,6)7)32-40(28-37)54(8,9)10/h14-34H,1-13H3. The van der Waals surface area contributed by atoms with Crippen molar-refractivity contribution in [3.05, 3.63) is 143 Å². The van der Waals surface area contributed by atoms with E-state index in [1.165, 1.54) is 50.2 Å². The summed E-state index contributed by atoms with van der Waals surface area (Å²) in [5, 5.41) is 2.30. The summed E-state index contributed by atoms with van der Waals surface area (Å²) in [7, 11) is 0. The van der Waals surface area contributed by atoms with Crippen molar-refractivity contribution in [2.75, 3.05) is 0 Å². The van der Waals surface area contributed by atoms with Crippen LogP contribution in [0.2, 0.25) is 0 Å². The monoisotopic (exact) mass is 764 g/mol. The number of fused-ring (bicyclic) bond motifs is 4. The molecule has 2 heterocycles. The van der Waals surface area contributed by atoms with E-state index in [4.69, 9.17) is 9.40 Å². The lowest BCUT2D eigenvalue weighted by atomic mass is 9.79. The molecular formula is C55H60N2O. The van der Waals surface area contributed by atoms with E-state index in [1.807, 2.05) is 0 Å². The second-order valence-electron chi connectivity index (χ2n) is 20.2. The minimum absolute atomic E-state index is 0.0220. The molecule has 0 fully saturated rings. The lowest BCUT2D eigenvalue weighted by Crippen LogP contribution is -2.16. The van der Waals surface area contributed by atoms with Gasteiger partial charge in [-0.1, -0.05) is 163 Å². The zero-order valence-corrected chi connectivity index (χ0v) is 36.9. The van der Waals surface area contributed by atoms with Gasteiger partial charge in [-0.05, 0) is 121 Å². The van der Waals surface area contributed by atoms with Gasteiger partial charge in [0.05, 0.1) is 22.3 Å². The van der Waals surface area contributed by atoms with Crippen molar-refractivity contribution in [3.63, 3.8) is 0 Å². The Balaban J connectivity index is 1.43. The van der Waals surface area contributed by atoms with E-state index in [2.05, 4.69) is 210 Å². The molecule has 0 spiro atoms. The summed E-state index contributed by atoms with van der Waals surface area (Å²) in [4.78, 5) is 5.49. The normalized spacial score (nSPS) is 12.9. The number of imidazole rings is 1. The van der Waals surface area contributed by atoms with Gasteiger partial charge in [0.1, 0.15) is 17.0 Å². The highest BCUT2D eigenvalue weighted by atomic mass is 16.3. The summed E-state index contributed by atoms with van der Waals surface area (Å²) < 4.78 is 9.63. The van der Waals surface area contributed by atoms with E-state index in [0.29, 0.717) is 0 Å². The third-order valence-corrected chi connectivity index (χ3v) is 12.0. The van der Waals surface area contributed by atoms with Gasteiger partial charge in [-0.25, -0.2) is 4.98 Å². The van der Waals surface area contributed by atoms with E-state index in [9.17, 15) is 0 Å². The first-order chi connectivity index (χ1) is 27.3. The van der Waals surface area contributed by atoms with Crippen molar-refractivity contribution >= 4 is 33.0 Å². The molecule has 8 aromatic rings. The second-order valence-corrected chi connectivity index (χ2v) is 20.2. The molecule has 0 aliphatic heterocycles. The fourth-order valence-electron chi connectivity index (χ4n) is 8.57. The van der Waals surface area contributed by atoms with Crippen molar-refractivity contribution in [2.24, 2.45) is 0 Å². The van der Waals surface area contributed by atoms with E-state index in [0.717, 1.165) is 49.9 Å². The Morgan fingerprint density at radius 1 is 0.534 bits per heavy atom. The van der Waals surface area contributed by atoms with Crippen LogP contribution in [-0.4, -0.2) is 9.55 Å². The first-order valence-electron chi connectivity index (χ1n) is 21.2. The number of hydrogen-bond donors (Lipinski definition) is 0. The third-order valence-electron chi connectivity index (χ3n) is 12.0. The molecule has 0 unspecified atom stereocenters. The van der Waals surface area contributed by atoms with Gasteiger partial charge in [0.2, 0.25) is 0 Å². The van der Waals surface area contributed by atoms with Crippen molar-refractivity contribution in [1.82, 2.24) is 9.55 Å². The fourth-order valence-corrected chi connectivity index (χ4v) is 8.57. The molecule has 0 amide bonds. The number of rotatable bonds is 6. The minimum atomic E-state index is -0.113. The number of aromatic nitrogens is 2. The molecule has 0 saturated carbocycles. The molecule has 296 valence electrons. The van der Waals surface area contributed by atoms with E-state index >= 15 is 0 Å². The molecule has 0 bridgehead atoms. The maximum Gasteiger partial charge on any atom is 0.149 e. The number of nitrogens with zero attached hydrogens (tertiary/aromatic N) is 2. The number of hydrogen-bond acceptors (Lipinski definition) is 2. The molecule has 58 heavy (non-hydrogen) atoms. The molecular weight excluding hydrogens is 705 g/mol. The van der Waals surface area contributed by atoms with Crippen LogP contribution in [0.5, 0.6) is 0 Å². The van der Waals surface area contributed by atoms with Crippen LogP contribution < -0.4 is 0 Å². The Bertz CT molecular complexity index is 2760. The Morgan fingerprint density at radius 3 is 1.71 bits per heavy atom. The maximum atomic E-state index is 7.20. The van der Waals surface area contributed by atoms with Crippen LogP contribution in [0.3, 0.4) is 0 Å².